The number of hydrogen-bond acceptors (Lipinski definition) is 3. The molecule has 2 unspecified atom stereocenters. The molecule has 3 nitrogen and oxygen atoms in total. The van der Waals surface area contributed by atoms with Crippen molar-refractivity contribution in [2.75, 3.05) is 13.2 Å². The van der Waals surface area contributed by atoms with Crippen LogP contribution >= 0.6 is 0 Å². The van der Waals surface area contributed by atoms with Crippen molar-refractivity contribution in [2.24, 2.45) is 5.92 Å². The van der Waals surface area contributed by atoms with Gasteiger partial charge in [0, 0.05) is 12.5 Å². The van der Waals surface area contributed by atoms with E-state index in [4.69, 9.17) is 4.74 Å². The summed E-state index contributed by atoms with van der Waals surface area (Å²) in [5, 5.41) is 10.6. The molecule has 1 aromatic rings. The van der Waals surface area contributed by atoms with Crippen LogP contribution in [0.4, 0.5) is 4.39 Å². The molecule has 0 aromatic carbocycles. The van der Waals surface area contributed by atoms with Crippen molar-refractivity contribution in [1.82, 2.24) is 4.98 Å². The molecule has 0 radical (unpaired) electrons. The van der Waals surface area contributed by atoms with Gasteiger partial charge in [0.25, 0.3) is 0 Å². The molecule has 0 saturated carbocycles. The second-order valence-corrected chi connectivity index (χ2v) is 4.20. The lowest BCUT2D eigenvalue weighted by Crippen LogP contribution is -2.35. The van der Waals surface area contributed by atoms with Gasteiger partial charge >= 0.3 is 0 Å². The van der Waals surface area contributed by atoms with Gasteiger partial charge in [0.1, 0.15) is 11.4 Å². The van der Waals surface area contributed by atoms with E-state index in [0.29, 0.717) is 25.3 Å². The van der Waals surface area contributed by atoms with Crippen LogP contribution in [0.25, 0.3) is 0 Å². The van der Waals surface area contributed by atoms with Gasteiger partial charge in [-0.1, -0.05) is 6.92 Å². The third-order valence-electron chi connectivity index (χ3n) is 3.32. The molecule has 2 atom stereocenters. The van der Waals surface area contributed by atoms with Crippen molar-refractivity contribution in [3.8, 4) is 0 Å². The van der Waals surface area contributed by atoms with Crippen LogP contribution in [0, 0.1) is 11.7 Å². The van der Waals surface area contributed by atoms with E-state index in [1.165, 1.54) is 6.07 Å². The summed E-state index contributed by atoms with van der Waals surface area (Å²) >= 11 is 0. The molecule has 0 amide bonds. The van der Waals surface area contributed by atoms with E-state index in [0.717, 1.165) is 12.6 Å². The summed E-state index contributed by atoms with van der Waals surface area (Å²) in [4.78, 5) is 3.99. The maximum Gasteiger partial charge on any atom is 0.141 e. The zero-order valence-electron chi connectivity index (χ0n) is 9.32. The van der Waals surface area contributed by atoms with Gasteiger partial charge in [0.15, 0.2) is 0 Å². The Morgan fingerprint density at radius 3 is 2.94 bits per heavy atom. The van der Waals surface area contributed by atoms with Crippen LogP contribution in [0.3, 0.4) is 0 Å². The van der Waals surface area contributed by atoms with E-state index in [9.17, 15) is 9.50 Å². The van der Waals surface area contributed by atoms with Crippen LogP contribution in [0.5, 0.6) is 0 Å². The van der Waals surface area contributed by atoms with Crippen LogP contribution in [0.2, 0.25) is 0 Å². The molecule has 4 heteroatoms. The predicted molar refractivity (Wildman–Crippen MR) is 57.3 cm³/mol. The van der Waals surface area contributed by atoms with Crippen molar-refractivity contribution in [3.63, 3.8) is 0 Å². The van der Waals surface area contributed by atoms with Gasteiger partial charge in [0.05, 0.1) is 18.5 Å². The van der Waals surface area contributed by atoms with Gasteiger partial charge in [-0.15, -0.1) is 0 Å². The Labute approximate surface area is 94.3 Å². The van der Waals surface area contributed by atoms with Crippen LogP contribution in [0.15, 0.2) is 18.3 Å². The molecule has 1 saturated heterocycles. The highest BCUT2D eigenvalue weighted by Crippen LogP contribution is 2.36. The van der Waals surface area contributed by atoms with Gasteiger partial charge in [-0.3, -0.25) is 4.98 Å². The summed E-state index contributed by atoms with van der Waals surface area (Å²) in [5.41, 5.74) is -0.462. The number of halogens is 1. The molecule has 1 fully saturated rings. The van der Waals surface area contributed by atoms with Crippen LogP contribution in [-0.4, -0.2) is 23.3 Å². The molecular formula is C12H16FNO2. The molecule has 2 heterocycles. The van der Waals surface area contributed by atoms with Crippen molar-refractivity contribution in [3.05, 3.63) is 29.8 Å². The first-order chi connectivity index (χ1) is 7.66. The fourth-order valence-corrected chi connectivity index (χ4v) is 2.22. The summed E-state index contributed by atoms with van der Waals surface area (Å²) < 4.78 is 18.1. The maximum atomic E-state index is 12.8. The fourth-order valence-electron chi connectivity index (χ4n) is 2.22. The molecule has 0 bridgehead atoms. The lowest BCUT2D eigenvalue weighted by molar-refractivity contribution is -0.0345. The van der Waals surface area contributed by atoms with E-state index >= 15 is 0 Å². The number of aliphatic hydroxyl groups is 1. The predicted octanol–water partition coefficient (Wildman–Crippen LogP) is 1.85. The van der Waals surface area contributed by atoms with Crippen LogP contribution in [0.1, 0.15) is 25.5 Å². The molecule has 0 aliphatic carbocycles. The van der Waals surface area contributed by atoms with Crippen molar-refractivity contribution < 1.29 is 14.2 Å². The van der Waals surface area contributed by atoms with Gasteiger partial charge < -0.3 is 9.84 Å². The molecule has 16 heavy (non-hydrogen) atoms. The van der Waals surface area contributed by atoms with Crippen molar-refractivity contribution in [1.29, 1.82) is 0 Å². The molecule has 1 N–H and O–H groups in total. The minimum absolute atomic E-state index is 0.0514. The first kappa shape index (κ1) is 11.5. The quantitative estimate of drug-likeness (QED) is 0.853. The summed E-state index contributed by atoms with van der Waals surface area (Å²) in [5.74, 6) is -0.333. The summed E-state index contributed by atoms with van der Waals surface area (Å²) in [6.45, 7) is 3.13. The molecule has 2 rings (SSSR count). The fraction of sp³-hybridized carbons (Fsp3) is 0.583. The van der Waals surface area contributed by atoms with Crippen molar-refractivity contribution >= 4 is 0 Å². The van der Waals surface area contributed by atoms with E-state index in [1.807, 2.05) is 6.92 Å². The molecular weight excluding hydrogens is 209 g/mol. The first-order valence-corrected chi connectivity index (χ1v) is 5.59. The molecule has 0 spiro atoms. The third-order valence-corrected chi connectivity index (χ3v) is 3.32. The molecule has 88 valence electrons. The summed E-state index contributed by atoms with van der Waals surface area (Å²) in [6, 6.07) is 2.88. The number of aromatic nitrogens is 1. The van der Waals surface area contributed by atoms with Gasteiger partial charge in [-0.25, -0.2) is 4.39 Å². The largest absolute Gasteiger partial charge is 0.383 e. The Hall–Kier alpha value is -1.00. The second kappa shape index (κ2) is 4.47. The zero-order chi connectivity index (χ0) is 11.6. The van der Waals surface area contributed by atoms with Gasteiger partial charge in [0.2, 0.25) is 0 Å². The molecule has 1 aliphatic heterocycles. The Morgan fingerprint density at radius 1 is 1.62 bits per heavy atom. The zero-order valence-corrected chi connectivity index (χ0v) is 9.32. The SMILES string of the molecule is CCC(O)(c1ccc(F)cn1)C1CCOC1. The van der Waals surface area contributed by atoms with E-state index < -0.39 is 5.60 Å². The average molecular weight is 225 g/mol. The molecule has 1 aliphatic rings. The number of rotatable bonds is 3. The smallest absolute Gasteiger partial charge is 0.141 e. The first-order valence-electron chi connectivity index (χ1n) is 5.59. The van der Waals surface area contributed by atoms with Gasteiger partial charge in [-0.2, -0.15) is 0 Å². The minimum Gasteiger partial charge on any atom is -0.383 e. The molecule has 1 aromatic heterocycles. The number of pyridine rings is 1. The number of nitrogens with zero attached hydrogens (tertiary/aromatic N) is 1. The Bertz CT molecular complexity index is 349. The highest BCUT2D eigenvalue weighted by atomic mass is 19.1. The lowest BCUT2D eigenvalue weighted by atomic mass is 9.81. The van der Waals surface area contributed by atoms with Crippen LogP contribution in [-0.2, 0) is 10.3 Å². The Kier molecular flexibility index (Phi) is 3.21. The van der Waals surface area contributed by atoms with E-state index in [1.54, 1.807) is 6.07 Å². The third kappa shape index (κ3) is 1.95. The summed E-state index contributed by atoms with van der Waals surface area (Å²) in [7, 11) is 0. The van der Waals surface area contributed by atoms with Crippen molar-refractivity contribution in [2.45, 2.75) is 25.4 Å². The average Bonchev–Trinajstić information content (AvgIpc) is 2.83. The topological polar surface area (TPSA) is 42.4 Å². The highest BCUT2D eigenvalue weighted by Gasteiger charge is 2.40. The summed E-state index contributed by atoms with van der Waals surface area (Å²) in [6.07, 6.45) is 2.52. The normalized spacial score (nSPS) is 24.3. The second-order valence-electron chi connectivity index (χ2n) is 4.20. The van der Waals surface area contributed by atoms with Crippen LogP contribution < -0.4 is 0 Å². The van der Waals surface area contributed by atoms with E-state index in [2.05, 4.69) is 4.98 Å². The minimum atomic E-state index is -0.996. The Morgan fingerprint density at radius 2 is 2.44 bits per heavy atom. The standard InChI is InChI=1S/C12H16FNO2/c1-2-12(15,9-5-6-16-8-9)11-4-3-10(13)7-14-11/h3-4,7,9,15H,2,5-6,8H2,1H3. The maximum absolute atomic E-state index is 12.8. The lowest BCUT2D eigenvalue weighted by Gasteiger charge is -2.31. The van der Waals surface area contributed by atoms with Gasteiger partial charge in [-0.05, 0) is 25.0 Å². The number of hydrogen-bond donors (Lipinski definition) is 1. The highest BCUT2D eigenvalue weighted by molar-refractivity contribution is 5.15. The monoisotopic (exact) mass is 225 g/mol. The van der Waals surface area contributed by atoms with E-state index in [-0.39, 0.29) is 11.7 Å². The Balaban J connectivity index is 2.29. The number of ether oxygens (including phenoxy) is 1.